The summed E-state index contributed by atoms with van der Waals surface area (Å²) in [6.45, 7) is 0. The molecule has 0 N–H and O–H groups in total. The van der Waals surface area contributed by atoms with Crippen LogP contribution in [0.1, 0.15) is 45.2 Å². The maximum atomic E-state index is 5.29. The zero-order valence-electron chi connectivity index (χ0n) is 40.6. The first-order valence-electron chi connectivity index (χ1n) is 25.3. The van der Waals surface area contributed by atoms with Gasteiger partial charge in [0.1, 0.15) is 0 Å². The Morgan fingerprint density at radius 1 is 0.224 bits per heavy atom. The van der Waals surface area contributed by atoms with Gasteiger partial charge in [-0.1, -0.05) is 182 Å². The first-order chi connectivity index (χ1) is 37.6. The Labute approximate surface area is 436 Å². The molecule has 0 amide bonds. The Morgan fingerprint density at radius 2 is 0.553 bits per heavy atom. The molecule has 0 spiro atoms. The number of fused-ring (bicyclic) bond motifs is 2. The maximum absolute atomic E-state index is 5.29. The number of benzene rings is 9. The van der Waals surface area contributed by atoms with Crippen LogP contribution in [0.3, 0.4) is 0 Å². The molecule has 13 aromatic rings. The highest BCUT2D eigenvalue weighted by atomic mass is 15.0. The van der Waals surface area contributed by atoms with Crippen LogP contribution in [0.5, 0.6) is 0 Å². The molecule has 2 bridgehead atoms. The van der Waals surface area contributed by atoms with Gasteiger partial charge in [-0.3, -0.25) is 9.97 Å². The van der Waals surface area contributed by atoms with E-state index >= 15 is 0 Å². The minimum absolute atomic E-state index is 0.0361. The number of rotatable bonds is 8. The van der Waals surface area contributed by atoms with E-state index in [9.17, 15) is 0 Å². The van der Waals surface area contributed by atoms with Crippen molar-refractivity contribution in [1.82, 2.24) is 49.8 Å². The molecule has 2 unspecified atom stereocenters. The van der Waals surface area contributed by atoms with Crippen molar-refractivity contribution in [2.45, 2.75) is 11.8 Å². The molecule has 354 valence electrons. The molecule has 3 aliphatic carbocycles. The molecule has 4 heterocycles. The summed E-state index contributed by atoms with van der Waals surface area (Å²) in [6, 6.07) is 74.7. The van der Waals surface area contributed by atoms with E-state index in [1.165, 1.54) is 33.4 Å². The SMILES string of the molecule is c1ccc(-c2nc(-c3ccc4c(c3)C3c5ccccc5C4c4cc(-c5nc(-c6ccccc6)nc(-c6ccccc6-c6cnc7ccccc7n6)n5)ccc43)nc(-c3ccccc3-c3cnc4ccccc4n3)n2)cc1. The molecule has 16 rings (SSSR count). The molecule has 0 fully saturated rings. The second-order valence-corrected chi connectivity index (χ2v) is 19.1. The smallest absolute Gasteiger partial charge is 0.164 e. The van der Waals surface area contributed by atoms with Crippen molar-refractivity contribution in [3.8, 4) is 90.8 Å². The Balaban J connectivity index is 0.850. The van der Waals surface area contributed by atoms with Crippen LogP contribution < -0.4 is 0 Å². The van der Waals surface area contributed by atoms with Crippen LogP contribution in [-0.2, 0) is 0 Å². The summed E-state index contributed by atoms with van der Waals surface area (Å²) in [7, 11) is 0. The molecule has 76 heavy (non-hydrogen) atoms. The highest BCUT2D eigenvalue weighted by Gasteiger charge is 2.41. The van der Waals surface area contributed by atoms with Crippen LogP contribution in [0.15, 0.2) is 231 Å². The largest absolute Gasteiger partial charge is 0.252 e. The number of hydrogen-bond acceptors (Lipinski definition) is 10. The fraction of sp³-hybridized carbons (Fsp3) is 0.0303. The van der Waals surface area contributed by atoms with Crippen molar-refractivity contribution < 1.29 is 0 Å². The Bertz CT molecular complexity index is 4160. The van der Waals surface area contributed by atoms with Gasteiger partial charge in [0.2, 0.25) is 0 Å². The van der Waals surface area contributed by atoms with E-state index in [1.54, 1.807) is 0 Å². The summed E-state index contributed by atoms with van der Waals surface area (Å²) in [6.07, 6.45) is 3.65. The first-order valence-corrected chi connectivity index (χ1v) is 25.3. The zero-order chi connectivity index (χ0) is 50.1. The monoisotopic (exact) mass is 972 g/mol. The molecule has 0 saturated carbocycles. The summed E-state index contributed by atoms with van der Waals surface area (Å²) in [5.74, 6) is 3.39. The van der Waals surface area contributed by atoms with Crippen molar-refractivity contribution in [1.29, 1.82) is 0 Å². The van der Waals surface area contributed by atoms with Gasteiger partial charge in [-0.15, -0.1) is 0 Å². The lowest BCUT2D eigenvalue weighted by molar-refractivity contribution is 0.754. The predicted molar refractivity (Wildman–Crippen MR) is 298 cm³/mol. The van der Waals surface area contributed by atoms with E-state index in [0.717, 1.165) is 78.0 Å². The highest BCUT2D eigenvalue weighted by molar-refractivity contribution is 5.86. The van der Waals surface area contributed by atoms with E-state index in [1.807, 2.05) is 146 Å². The van der Waals surface area contributed by atoms with Crippen LogP contribution in [-0.4, -0.2) is 49.8 Å². The highest BCUT2D eigenvalue weighted by Crippen LogP contribution is 2.56. The van der Waals surface area contributed by atoms with Crippen LogP contribution in [0.25, 0.3) is 113 Å². The van der Waals surface area contributed by atoms with Crippen molar-refractivity contribution in [3.63, 3.8) is 0 Å². The van der Waals surface area contributed by atoms with E-state index in [-0.39, 0.29) is 11.8 Å². The summed E-state index contributed by atoms with van der Waals surface area (Å²) >= 11 is 0. The second kappa shape index (κ2) is 17.7. The molecule has 2 atom stereocenters. The van der Waals surface area contributed by atoms with Gasteiger partial charge in [0, 0.05) is 56.3 Å². The summed E-state index contributed by atoms with van der Waals surface area (Å²) in [4.78, 5) is 50.9. The molecule has 0 aliphatic heterocycles. The number of aromatic nitrogens is 10. The number of para-hydroxylation sites is 4. The quantitative estimate of drug-likeness (QED) is 0.145. The van der Waals surface area contributed by atoms with Crippen LogP contribution in [0.4, 0.5) is 0 Å². The third-order valence-corrected chi connectivity index (χ3v) is 14.7. The zero-order valence-corrected chi connectivity index (χ0v) is 40.6. The first kappa shape index (κ1) is 43.3. The molecular weight excluding hydrogens is 933 g/mol. The van der Waals surface area contributed by atoms with E-state index in [0.29, 0.717) is 34.9 Å². The van der Waals surface area contributed by atoms with Crippen LogP contribution >= 0.6 is 0 Å². The van der Waals surface area contributed by atoms with E-state index in [4.69, 9.17) is 49.8 Å². The summed E-state index contributed by atoms with van der Waals surface area (Å²) in [5, 5.41) is 0. The van der Waals surface area contributed by atoms with Gasteiger partial charge in [0.05, 0.1) is 45.8 Å². The average Bonchev–Trinajstić information content (AvgIpc) is 3.55. The molecule has 0 radical (unpaired) electrons. The lowest BCUT2D eigenvalue weighted by Crippen LogP contribution is -2.27. The fourth-order valence-corrected chi connectivity index (χ4v) is 11.2. The Kier molecular flexibility index (Phi) is 10.1. The van der Waals surface area contributed by atoms with Gasteiger partial charge in [0.15, 0.2) is 34.9 Å². The molecule has 10 nitrogen and oxygen atoms in total. The minimum atomic E-state index is -0.0361. The van der Waals surface area contributed by atoms with Gasteiger partial charge in [-0.25, -0.2) is 39.9 Å². The van der Waals surface area contributed by atoms with Gasteiger partial charge in [0.25, 0.3) is 0 Å². The summed E-state index contributed by atoms with van der Waals surface area (Å²) < 4.78 is 0. The Hall–Kier alpha value is -10.3. The van der Waals surface area contributed by atoms with Gasteiger partial charge >= 0.3 is 0 Å². The van der Waals surface area contributed by atoms with Gasteiger partial charge in [-0.2, -0.15) is 0 Å². The topological polar surface area (TPSA) is 129 Å². The molecule has 10 heteroatoms. The van der Waals surface area contributed by atoms with Gasteiger partial charge in [-0.05, 0) is 69.8 Å². The Morgan fingerprint density at radius 3 is 0.987 bits per heavy atom. The molecule has 9 aromatic carbocycles. The van der Waals surface area contributed by atoms with Crippen molar-refractivity contribution in [2.24, 2.45) is 0 Å². The lowest BCUT2D eigenvalue weighted by Gasteiger charge is -2.42. The third kappa shape index (κ3) is 7.34. The maximum Gasteiger partial charge on any atom is 0.164 e. The van der Waals surface area contributed by atoms with Crippen molar-refractivity contribution >= 4 is 22.1 Å². The van der Waals surface area contributed by atoms with Crippen LogP contribution in [0, 0.1) is 0 Å². The molecule has 3 aliphatic rings. The normalized spacial score (nSPS) is 14.1. The van der Waals surface area contributed by atoms with E-state index in [2.05, 4.69) is 84.9 Å². The third-order valence-electron chi connectivity index (χ3n) is 14.7. The standard InChI is InChI=1S/C66H40N10/c1-3-17-39(18-4-1)61-71-63(75-65(73-61)49-25-11-7-21-43(49)57-37-67-53-27-13-15-29-55(53)69-57)41-31-33-47-51(35-41)59-45-23-9-10-24-46(45)60(47)52-36-42(32-34-48(52)59)64-72-62(40-19-5-2-6-20-40)74-66(76-64)50-26-12-8-22-44(50)58-38-68-54-28-14-16-30-56(54)70-58/h1-38,59-60H. The summed E-state index contributed by atoms with van der Waals surface area (Å²) in [5.41, 5.74) is 19.4. The molecule has 0 saturated heterocycles. The fourth-order valence-electron chi connectivity index (χ4n) is 11.2. The molecular formula is C66H40N10. The van der Waals surface area contributed by atoms with Gasteiger partial charge < -0.3 is 0 Å². The number of hydrogen-bond donors (Lipinski definition) is 0. The van der Waals surface area contributed by atoms with Crippen molar-refractivity contribution in [3.05, 3.63) is 264 Å². The second-order valence-electron chi connectivity index (χ2n) is 19.1. The lowest BCUT2D eigenvalue weighted by atomic mass is 9.61. The van der Waals surface area contributed by atoms with E-state index < -0.39 is 0 Å². The number of nitrogens with zero attached hydrogens (tertiary/aromatic N) is 10. The minimum Gasteiger partial charge on any atom is -0.252 e. The average molecular weight is 973 g/mol. The molecule has 4 aromatic heterocycles. The van der Waals surface area contributed by atoms with Crippen LogP contribution in [0.2, 0.25) is 0 Å². The van der Waals surface area contributed by atoms with Crippen molar-refractivity contribution in [2.75, 3.05) is 0 Å². The predicted octanol–water partition coefficient (Wildman–Crippen LogP) is 14.3.